The highest BCUT2D eigenvalue weighted by Crippen LogP contribution is 2.00. The monoisotopic (exact) mass is 133 g/mol. The first-order valence-corrected chi connectivity index (χ1v) is 4.45. The maximum absolute atomic E-state index is 5.65. The SMILES string of the molecule is CC[C@@H](N)CCSC. The van der Waals surface area contributed by atoms with Crippen LogP contribution in [0.5, 0.6) is 0 Å². The van der Waals surface area contributed by atoms with Crippen LogP contribution in [0.15, 0.2) is 0 Å². The van der Waals surface area contributed by atoms with Crippen LogP contribution in [0.1, 0.15) is 19.8 Å². The van der Waals surface area contributed by atoms with Crippen molar-refractivity contribution in [2.45, 2.75) is 25.8 Å². The van der Waals surface area contributed by atoms with Crippen molar-refractivity contribution >= 4 is 11.8 Å². The van der Waals surface area contributed by atoms with Crippen LogP contribution < -0.4 is 5.73 Å². The van der Waals surface area contributed by atoms with Gasteiger partial charge in [-0.2, -0.15) is 11.8 Å². The molecule has 1 nitrogen and oxygen atoms in total. The van der Waals surface area contributed by atoms with Crippen molar-refractivity contribution < 1.29 is 0 Å². The zero-order valence-electron chi connectivity index (χ0n) is 5.68. The summed E-state index contributed by atoms with van der Waals surface area (Å²) < 4.78 is 0. The van der Waals surface area contributed by atoms with Gasteiger partial charge < -0.3 is 5.73 Å². The molecule has 2 N–H and O–H groups in total. The number of thioether (sulfide) groups is 1. The third kappa shape index (κ3) is 4.47. The Balaban J connectivity index is 2.86. The predicted octanol–water partition coefficient (Wildman–Crippen LogP) is 1.48. The van der Waals surface area contributed by atoms with Crippen molar-refractivity contribution in [2.24, 2.45) is 5.73 Å². The summed E-state index contributed by atoms with van der Waals surface area (Å²) in [6, 6.07) is 0.433. The minimum Gasteiger partial charge on any atom is -0.328 e. The second-order valence-corrected chi connectivity index (χ2v) is 2.94. The fourth-order valence-electron chi connectivity index (χ4n) is 0.473. The van der Waals surface area contributed by atoms with E-state index < -0.39 is 0 Å². The summed E-state index contributed by atoms with van der Waals surface area (Å²) in [5, 5.41) is 0. The van der Waals surface area contributed by atoms with E-state index in [2.05, 4.69) is 13.2 Å². The molecule has 0 bridgehead atoms. The minimum atomic E-state index is 0.433. The van der Waals surface area contributed by atoms with Gasteiger partial charge in [0.1, 0.15) is 0 Å². The third-order valence-electron chi connectivity index (χ3n) is 1.22. The van der Waals surface area contributed by atoms with Gasteiger partial charge in [0.2, 0.25) is 0 Å². The number of nitrogens with two attached hydrogens (primary N) is 1. The van der Waals surface area contributed by atoms with Crippen LogP contribution in [-0.2, 0) is 0 Å². The normalized spacial score (nSPS) is 13.9. The quantitative estimate of drug-likeness (QED) is 0.628. The van der Waals surface area contributed by atoms with E-state index in [4.69, 9.17) is 5.73 Å². The van der Waals surface area contributed by atoms with Crippen molar-refractivity contribution in [1.29, 1.82) is 0 Å². The molecule has 1 atom stereocenters. The van der Waals surface area contributed by atoms with Gasteiger partial charge in [-0.1, -0.05) is 6.92 Å². The fraction of sp³-hybridized carbons (Fsp3) is 1.00. The summed E-state index contributed by atoms with van der Waals surface area (Å²) >= 11 is 1.87. The van der Waals surface area contributed by atoms with E-state index in [1.54, 1.807) is 0 Å². The topological polar surface area (TPSA) is 26.0 Å². The van der Waals surface area contributed by atoms with Gasteiger partial charge in [-0.3, -0.25) is 0 Å². The summed E-state index contributed by atoms with van der Waals surface area (Å²) in [5.41, 5.74) is 5.65. The second-order valence-electron chi connectivity index (χ2n) is 1.95. The molecule has 0 aromatic rings. The molecule has 0 unspecified atom stereocenters. The molecule has 0 aliphatic carbocycles. The number of rotatable bonds is 4. The summed E-state index contributed by atoms with van der Waals surface area (Å²) in [4.78, 5) is 0. The summed E-state index contributed by atoms with van der Waals surface area (Å²) in [7, 11) is 0. The molecule has 50 valence electrons. The predicted molar refractivity (Wildman–Crippen MR) is 41.3 cm³/mol. The smallest absolute Gasteiger partial charge is 0.00440 e. The van der Waals surface area contributed by atoms with E-state index >= 15 is 0 Å². The Kier molecular flexibility index (Phi) is 5.66. The molecular weight excluding hydrogens is 118 g/mol. The lowest BCUT2D eigenvalue weighted by Gasteiger charge is -2.04. The molecule has 8 heavy (non-hydrogen) atoms. The molecule has 0 amide bonds. The Hall–Kier alpha value is 0.310. The third-order valence-corrected chi connectivity index (χ3v) is 1.86. The lowest BCUT2D eigenvalue weighted by Crippen LogP contribution is -2.18. The molecule has 0 radical (unpaired) electrons. The summed E-state index contributed by atoms with van der Waals surface area (Å²) in [6.07, 6.45) is 4.39. The van der Waals surface area contributed by atoms with Crippen molar-refractivity contribution in [3.05, 3.63) is 0 Å². The zero-order chi connectivity index (χ0) is 6.41. The Bertz CT molecular complexity index is 47.8. The molecule has 2 heteroatoms. The van der Waals surface area contributed by atoms with Gasteiger partial charge in [0, 0.05) is 6.04 Å². The zero-order valence-corrected chi connectivity index (χ0v) is 6.50. The van der Waals surface area contributed by atoms with Gasteiger partial charge in [-0.25, -0.2) is 0 Å². The number of hydrogen-bond acceptors (Lipinski definition) is 2. The first-order valence-electron chi connectivity index (χ1n) is 3.05. The van der Waals surface area contributed by atoms with Crippen LogP contribution >= 0.6 is 11.8 Å². The van der Waals surface area contributed by atoms with E-state index in [1.807, 2.05) is 11.8 Å². The molecule has 0 heterocycles. The van der Waals surface area contributed by atoms with Gasteiger partial charge >= 0.3 is 0 Å². The van der Waals surface area contributed by atoms with E-state index in [-0.39, 0.29) is 0 Å². The average Bonchev–Trinajstić information content (AvgIpc) is 1.83. The molecule has 0 fully saturated rings. The van der Waals surface area contributed by atoms with E-state index in [0.29, 0.717) is 6.04 Å². The molecule has 0 aromatic carbocycles. The van der Waals surface area contributed by atoms with Crippen LogP contribution in [0.3, 0.4) is 0 Å². The Morgan fingerprint density at radius 1 is 1.62 bits per heavy atom. The molecule has 0 aliphatic heterocycles. The minimum absolute atomic E-state index is 0.433. The van der Waals surface area contributed by atoms with E-state index in [9.17, 15) is 0 Å². The Morgan fingerprint density at radius 3 is 2.62 bits per heavy atom. The standard InChI is InChI=1S/C6H15NS/c1-3-6(7)4-5-8-2/h6H,3-5,7H2,1-2H3/t6-/m1/s1. The van der Waals surface area contributed by atoms with E-state index in [1.165, 1.54) is 5.75 Å². The molecule has 0 aromatic heterocycles. The summed E-state index contributed by atoms with van der Waals surface area (Å²) in [6.45, 7) is 2.13. The highest BCUT2D eigenvalue weighted by Gasteiger charge is 1.95. The van der Waals surface area contributed by atoms with Gasteiger partial charge in [0.15, 0.2) is 0 Å². The first-order chi connectivity index (χ1) is 3.81. The van der Waals surface area contributed by atoms with Gasteiger partial charge in [0.05, 0.1) is 0 Å². The van der Waals surface area contributed by atoms with Crippen LogP contribution in [0.25, 0.3) is 0 Å². The van der Waals surface area contributed by atoms with Crippen LogP contribution in [0.2, 0.25) is 0 Å². The fourth-order valence-corrected chi connectivity index (χ4v) is 1.01. The number of hydrogen-bond donors (Lipinski definition) is 1. The molecule has 0 aliphatic rings. The van der Waals surface area contributed by atoms with E-state index in [0.717, 1.165) is 12.8 Å². The largest absolute Gasteiger partial charge is 0.328 e. The lowest BCUT2D eigenvalue weighted by atomic mass is 10.2. The molecule has 0 rings (SSSR count). The second kappa shape index (κ2) is 5.45. The highest BCUT2D eigenvalue weighted by atomic mass is 32.2. The van der Waals surface area contributed by atoms with Crippen LogP contribution in [0, 0.1) is 0 Å². The molecular formula is C6H15NS. The van der Waals surface area contributed by atoms with Crippen LogP contribution in [0.4, 0.5) is 0 Å². The highest BCUT2D eigenvalue weighted by molar-refractivity contribution is 7.98. The van der Waals surface area contributed by atoms with Crippen molar-refractivity contribution in [3.63, 3.8) is 0 Å². The molecule has 0 saturated heterocycles. The average molecular weight is 133 g/mol. The van der Waals surface area contributed by atoms with Crippen molar-refractivity contribution in [2.75, 3.05) is 12.0 Å². The van der Waals surface area contributed by atoms with Gasteiger partial charge in [0.25, 0.3) is 0 Å². The maximum Gasteiger partial charge on any atom is 0.00440 e. The Labute approximate surface area is 56.0 Å². The lowest BCUT2D eigenvalue weighted by molar-refractivity contribution is 0.634. The molecule has 0 spiro atoms. The molecule has 0 saturated carbocycles. The Morgan fingerprint density at radius 2 is 2.25 bits per heavy atom. The first kappa shape index (κ1) is 8.31. The van der Waals surface area contributed by atoms with Gasteiger partial charge in [-0.15, -0.1) is 0 Å². The van der Waals surface area contributed by atoms with Crippen molar-refractivity contribution in [3.8, 4) is 0 Å². The maximum atomic E-state index is 5.65. The van der Waals surface area contributed by atoms with Crippen LogP contribution in [-0.4, -0.2) is 18.1 Å². The van der Waals surface area contributed by atoms with Crippen molar-refractivity contribution in [1.82, 2.24) is 0 Å². The van der Waals surface area contributed by atoms with Gasteiger partial charge in [-0.05, 0) is 24.9 Å². The summed E-state index contributed by atoms with van der Waals surface area (Å²) in [5.74, 6) is 1.20.